The molecule has 2 atom stereocenters. The van der Waals surface area contributed by atoms with Crippen LogP contribution in [0.25, 0.3) is 0 Å². The molecule has 1 aromatic heterocycles. The second-order valence-electron chi connectivity index (χ2n) is 5.35. The van der Waals surface area contributed by atoms with E-state index in [1.54, 1.807) is 6.20 Å². The molecule has 0 amide bonds. The third kappa shape index (κ3) is 4.85. The monoisotopic (exact) mass is 297 g/mol. The summed E-state index contributed by atoms with van der Waals surface area (Å²) in [4.78, 5) is 4.17. The van der Waals surface area contributed by atoms with Gasteiger partial charge in [0.2, 0.25) is 10.0 Å². The van der Waals surface area contributed by atoms with E-state index in [-0.39, 0.29) is 11.8 Å². The Morgan fingerprint density at radius 1 is 1.45 bits per heavy atom. The Labute approximate surface area is 121 Å². The quantitative estimate of drug-likeness (QED) is 0.836. The Morgan fingerprint density at radius 3 is 2.95 bits per heavy atom. The summed E-state index contributed by atoms with van der Waals surface area (Å²) in [5.74, 6) is 0.168. The number of hydrogen-bond donors (Lipinski definition) is 2. The van der Waals surface area contributed by atoms with E-state index in [1.165, 1.54) is 12.8 Å². The Kier molecular flexibility index (Phi) is 5.51. The minimum atomic E-state index is -3.26. The van der Waals surface area contributed by atoms with Crippen LogP contribution in [0.1, 0.15) is 44.3 Å². The van der Waals surface area contributed by atoms with E-state index in [0.717, 1.165) is 18.7 Å². The van der Waals surface area contributed by atoms with E-state index in [1.807, 2.05) is 25.1 Å². The molecule has 0 saturated carbocycles. The maximum Gasteiger partial charge on any atom is 0.212 e. The van der Waals surface area contributed by atoms with Gasteiger partial charge in [0.05, 0.1) is 17.5 Å². The molecule has 0 radical (unpaired) electrons. The van der Waals surface area contributed by atoms with E-state index in [2.05, 4.69) is 15.0 Å². The largest absolute Gasteiger partial charge is 0.314 e. The molecule has 2 heterocycles. The van der Waals surface area contributed by atoms with Crippen molar-refractivity contribution in [3.05, 3.63) is 30.1 Å². The van der Waals surface area contributed by atoms with Gasteiger partial charge in [0.25, 0.3) is 0 Å². The Bertz CT molecular complexity index is 498. The first kappa shape index (κ1) is 15.4. The number of hydrogen-bond acceptors (Lipinski definition) is 4. The summed E-state index contributed by atoms with van der Waals surface area (Å²) >= 11 is 0. The normalized spacial score (nSPS) is 21.6. The average molecular weight is 297 g/mol. The van der Waals surface area contributed by atoms with Crippen molar-refractivity contribution in [2.45, 2.75) is 44.7 Å². The first-order valence-corrected chi connectivity index (χ1v) is 8.86. The number of pyridine rings is 1. The lowest BCUT2D eigenvalue weighted by molar-refractivity contribution is 0.392. The highest BCUT2D eigenvalue weighted by atomic mass is 32.2. The molecule has 6 heteroatoms. The Morgan fingerprint density at radius 2 is 2.30 bits per heavy atom. The molecule has 20 heavy (non-hydrogen) atoms. The van der Waals surface area contributed by atoms with Gasteiger partial charge in [-0.15, -0.1) is 0 Å². The molecule has 1 aliphatic rings. The zero-order chi connectivity index (χ0) is 14.4. The summed E-state index contributed by atoms with van der Waals surface area (Å²) in [7, 11) is -3.26. The molecule has 0 bridgehead atoms. The van der Waals surface area contributed by atoms with Gasteiger partial charge < -0.3 is 5.32 Å². The lowest BCUT2D eigenvalue weighted by atomic mass is 10.0. The van der Waals surface area contributed by atoms with Crippen LogP contribution in [0.5, 0.6) is 0 Å². The molecule has 2 rings (SSSR count). The second kappa shape index (κ2) is 7.15. The summed E-state index contributed by atoms with van der Waals surface area (Å²) in [6.45, 7) is 2.82. The van der Waals surface area contributed by atoms with Crippen LogP contribution in [-0.2, 0) is 10.0 Å². The molecule has 1 aliphatic heterocycles. The predicted molar refractivity (Wildman–Crippen MR) is 79.8 cm³/mol. The maximum atomic E-state index is 12.1. The molecular formula is C14H23N3O2S. The van der Waals surface area contributed by atoms with Crippen molar-refractivity contribution in [2.75, 3.05) is 12.3 Å². The lowest BCUT2D eigenvalue weighted by Crippen LogP contribution is -2.37. The minimum absolute atomic E-state index is 0.168. The van der Waals surface area contributed by atoms with Gasteiger partial charge in [0.1, 0.15) is 0 Å². The SMILES string of the molecule is CC(NS(=O)(=O)CCC1CCCCN1)c1ccccn1. The van der Waals surface area contributed by atoms with E-state index in [4.69, 9.17) is 0 Å². The third-order valence-electron chi connectivity index (χ3n) is 3.64. The summed E-state index contributed by atoms with van der Waals surface area (Å²) < 4.78 is 26.9. The van der Waals surface area contributed by atoms with Crippen LogP contribution in [0.4, 0.5) is 0 Å². The zero-order valence-corrected chi connectivity index (χ0v) is 12.7. The number of nitrogens with zero attached hydrogens (tertiary/aromatic N) is 1. The van der Waals surface area contributed by atoms with Gasteiger partial charge >= 0.3 is 0 Å². The average Bonchev–Trinajstić information content (AvgIpc) is 2.47. The number of nitrogens with one attached hydrogen (secondary N) is 2. The van der Waals surface area contributed by atoms with Gasteiger partial charge in [0, 0.05) is 12.2 Å². The predicted octanol–water partition coefficient (Wildman–Crippen LogP) is 1.59. The molecule has 1 saturated heterocycles. The van der Waals surface area contributed by atoms with Crippen molar-refractivity contribution in [1.82, 2.24) is 15.0 Å². The van der Waals surface area contributed by atoms with Gasteiger partial charge in [-0.05, 0) is 44.9 Å². The number of aromatic nitrogens is 1. The molecule has 2 N–H and O–H groups in total. The molecule has 112 valence electrons. The van der Waals surface area contributed by atoms with E-state index < -0.39 is 10.0 Å². The van der Waals surface area contributed by atoms with Crippen LogP contribution in [-0.4, -0.2) is 31.7 Å². The molecule has 1 fully saturated rings. The highest BCUT2D eigenvalue weighted by Crippen LogP contribution is 2.13. The van der Waals surface area contributed by atoms with E-state index in [9.17, 15) is 8.42 Å². The zero-order valence-electron chi connectivity index (χ0n) is 11.9. The highest BCUT2D eigenvalue weighted by molar-refractivity contribution is 7.89. The van der Waals surface area contributed by atoms with Crippen LogP contribution in [0.2, 0.25) is 0 Å². The van der Waals surface area contributed by atoms with Crippen molar-refractivity contribution >= 4 is 10.0 Å². The van der Waals surface area contributed by atoms with Gasteiger partial charge in [-0.3, -0.25) is 4.98 Å². The molecule has 2 unspecified atom stereocenters. The van der Waals surface area contributed by atoms with Crippen molar-refractivity contribution in [3.8, 4) is 0 Å². The fraction of sp³-hybridized carbons (Fsp3) is 0.643. The fourth-order valence-electron chi connectivity index (χ4n) is 2.49. The van der Waals surface area contributed by atoms with Crippen LogP contribution >= 0.6 is 0 Å². The lowest BCUT2D eigenvalue weighted by Gasteiger charge is -2.23. The first-order valence-electron chi connectivity index (χ1n) is 7.21. The summed E-state index contributed by atoms with van der Waals surface area (Å²) in [5, 5.41) is 3.37. The molecular weight excluding hydrogens is 274 g/mol. The third-order valence-corrected chi connectivity index (χ3v) is 5.12. The van der Waals surface area contributed by atoms with Gasteiger partial charge in [-0.25, -0.2) is 13.1 Å². The van der Waals surface area contributed by atoms with Crippen LogP contribution < -0.4 is 10.0 Å². The molecule has 1 aromatic rings. The highest BCUT2D eigenvalue weighted by Gasteiger charge is 2.20. The van der Waals surface area contributed by atoms with Crippen molar-refractivity contribution in [2.24, 2.45) is 0 Å². The fourth-order valence-corrected chi connectivity index (χ4v) is 3.86. The molecule has 0 aliphatic carbocycles. The number of rotatable bonds is 6. The standard InChI is InChI=1S/C14H23N3O2S/c1-12(14-7-3-5-10-16-14)17-20(18,19)11-8-13-6-2-4-9-15-13/h3,5,7,10,12-13,15,17H,2,4,6,8-9,11H2,1H3. The van der Waals surface area contributed by atoms with Crippen LogP contribution in [0, 0.1) is 0 Å². The molecule has 0 aromatic carbocycles. The number of sulfonamides is 1. The van der Waals surface area contributed by atoms with Gasteiger partial charge in [0.15, 0.2) is 0 Å². The van der Waals surface area contributed by atoms with Crippen molar-refractivity contribution < 1.29 is 8.42 Å². The van der Waals surface area contributed by atoms with E-state index >= 15 is 0 Å². The summed E-state index contributed by atoms with van der Waals surface area (Å²) in [6, 6.07) is 5.56. The van der Waals surface area contributed by atoms with Gasteiger partial charge in [-0.2, -0.15) is 0 Å². The van der Waals surface area contributed by atoms with Gasteiger partial charge in [-0.1, -0.05) is 12.5 Å². The Balaban J connectivity index is 1.84. The van der Waals surface area contributed by atoms with Crippen molar-refractivity contribution in [1.29, 1.82) is 0 Å². The topological polar surface area (TPSA) is 71.1 Å². The second-order valence-corrected chi connectivity index (χ2v) is 7.22. The minimum Gasteiger partial charge on any atom is -0.314 e. The molecule has 0 spiro atoms. The summed E-state index contributed by atoms with van der Waals surface area (Å²) in [6.07, 6.45) is 5.80. The molecule has 5 nitrogen and oxygen atoms in total. The summed E-state index contributed by atoms with van der Waals surface area (Å²) in [5.41, 5.74) is 0.742. The van der Waals surface area contributed by atoms with Crippen LogP contribution in [0.15, 0.2) is 24.4 Å². The van der Waals surface area contributed by atoms with E-state index in [0.29, 0.717) is 12.5 Å². The van der Waals surface area contributed by atoms with Crippen LogP contribution in [0.3, 0.4) is 0 Å². The maximum absolute atomic E-state index is 12.1. The van der Waals surface area contributed by atoms with Crippen molar-refractivity contribution in [3.63, 3.8) is 0 Å². The smallest absolute Gasteiger partial charge is 0.212 e. The number of piperidine rings is 1. The first-order chi connectivity index (χ1) is 9.57. The Hall–Kier alpha value is -0.980.